The summed E-state index contributed by atoms with van der Waals surface area (Å²) in [5.41, 5.74) is 5.40. The second-order valence-electron chi connectivity index (χ2n) is 7.49. The van der Waals surface area contributed by atoms with Crippen molar-refractivity contribution in [2.75, 3.05) is 33.2 Å². The van der Waals surface area contributed by atoms with E-state index >= 15 is 0 Å². The quantitative estimate of drug-likeness (QED) is 0.800. The fourth-order valence-electron chi connectivity index (χ4n) is 3.75. The molecule has 5 nitrogen and oxygen atoms in total. The molecule has 0 aromatic heterocycles. The van der Waals surface area contributed by atoms with Gasteiger partial charge in [0.05, 0.1) is 5.54 Å². The summed E-state index contributed by atoms with van der Waals surface area (Å²) in [6.45, 7) is 8.55. The summed E-state index contributed by atoms with van der Waals surface area (Å²) in [4.78, 5) is 17.3. The lowest BCUT2D eigenvalue weighted by Gasteiger charge is -2.41. The maximum Gasteiger partial charge on any atom is 0.240 e. The average molecular weight is 310 g/mol. The summed E-state index contributed by atoms with van der Waals surface area (Å²) in [6, 6.07) is 1.04. The highest BCUT2D eigenvalue weighted by molar-refractivity contribution is 5.85. The Kier molecular flexibility index (Phi) is 6.24. The van der Waals surface area contributed by atoms with Crippen LogP contribution in [0.5, 0.6) is 0 Å². The molecule has 0 aromatic carbocycles. The summed E-state index contributed by atoms with van der Waals surface area (Å²) in [6.07, 6.45) is 6.36. The van der Waals surface area contributed by atoms with Crippen LogP contribution in [-0.4, -0.2) is 66.6 Å². The Morgan fingerprint density at radius 1 is 1.18 bits per heavy atom. The van der Waals surface area contributed by atoms with Crippen LogP contribution in [0.3, 0.4) is 0 Å². The summed E-state index contributed by atoms with van der Waals surface area (Å²) in [5, 5.41) is 3.18. The van der Waals surface area contributed by atoms with Gasteiger partial charge in [-0.3, -0.25) is 4.79 Å². The monoisotopic (exact) mass is 310 g/mol. The number of nitrogens with one attached hydrogen (secondary N) is 1. The zero-order chi connectivity index (χ0) is 16.2. The molecule has 2 fully saturated rings. The lowest BCUT2D eigenvalue weighted by atomic mass is 9.94. The van der Waals surface area contributed by atoms with E-state index < -0.39 is 5.54 Å². The molecule has 1 atom stereocenters. The molecule has 2 rings (SSSR count). The van der Waals surface area contributed by atoms with Gasteiger partial charge in [0, 0.05) is 25.2 Å². The summed E-state index contributed by atoms with van der Waals surface area (Å²) >= 11 is 0. The van der Waals surface area contributed by atoms with Gasteiger partial charge in [0.2, 0.25) is 5.91 Å². The Balaban J connectivity index is 1.74. The van der Waals surface area contributed by atoms with Crippen LogP contribution in [0.2, 0.25) is 0 Å². The van der Waals surface area contributed by atoms with Gasteiger partial charge >= 0.3 is 0 Å². The highest BCUT2D eigenvalue weighted by atomic mass is 16.2. The van der Waals surface area contributed by atoms with Crippen LogP contribution in [0.15, 0.2) is 0 Å². The van der Waals surface area contributed by atoms with Gasteiger partial charge in [-0.15, -0.1) is 0 Å². The van der Waals surface area contributed by atoms with Crippen LogP contribution in [0.4, 0.5) is 0 Å². The molecule has 2 heterocycles. The minimum Gasteiger partial charge on any atom is -0.352 e. The van der Waals surface area contributed by atoms with Crippen molar-refractivity contribution in [1.29, 1.82) is 0 Å². The van der Waals surface area contributed by atoms with Crippen molar-refractivity contribution >= 4 is 5.91 Å². The minimum absolute atomic E-state index is 0.0205. The molecular weight excluding hydrogens is 276 g/mol. The van der Waals surface area contributed by atoms with E-state index in [4.69, 9.17) is 5.73 Å². The average Bonchev–Trinajstić information content (AvgIpc) is 2.49. The Morgan fingerprint density at radius 2 is 1.77 bits per heavy atom. The van der Waals surface area contributed by atoms with Crippen molar-refractivity contribution in [3.05, 3.63) is 0 Å². The highest BCUT2D eigenvalue weighted by Crippen LogP contribution is 2.21. The summed E-state index contributed by atoms with van der Waals surface area (Å²) < 4.78 is 0. The van der Waals surface area contributed by atoms with Crippen molar-refractivity contribution in [3.8, 4) is 0 Å². The number of amides is 1. The fraction of sp³-hybridized carbons (Fsp3) is 0.941. The van der Waals surface area contributed by atoms with Gasteiger partial charge in [-0.1, -0.05) is 13.3 Å². The van der Waals surface area contributed by atoms with E-state index in [1.807, 2.05) is 6.92 Å². The Labute approximate surface area is 135 Å². The molecular formula is C17H34N4O. The highest BCUT2D eigenvalue weighted by Gasteiger charge is 2.32. The van der Waals surface area contributed by atoms with Crippen molar-refractivity contribution in [2.24, 2.45) is 5.73 Å². The molecule has 1 unspecified atom stereocenters. The Morgan fingerprint density at radius 3 is 2.32 bits per heavy atom. The number of rotatable bonds is 5. The van der Waals surface area contributed by atoms with Crippen LogP contribution < -0.4 is 11.1 Å². The van der Waals surface area contributed by atoms with Crippen molar-refractivity contribution in [1.82, 2.24) is 15.1 Å². The lowest BCUT2D eigenvalue weighted by molar-refractivity contribution is -0.127. The summed E-state index contributed by atoms with van der Waals surface area (Å²) in [5.74, 6) is 0.0205. The Hall–Kier alpha value is -0.650. The number of nitrogens with two attached hydrogens (primary N) is 1. The first-order valence-electron chi connectivity index (χ1n) is 8.95. The molecule has 2 aliphatic heterocycles. The summed E-state index contributed by atoms with van der Waals surface area (Å²) in [7, 11) is 2.21. The molecule has 2 saturated heterocycles. The predicted molar refractivity (Wildman–Crippen MR) is 90.8 cm³/mol. The third kappa shape index (κ3) is 4.67. The van der Waals surface area contributed by atoms with Gasteiger partial charge in [0.1, 0.15) is 0 Å². The SMILES string of the molecule is CCCC(C)(N)C(=O)NC1CCN(C2CCN(C)CC2)CC1. The normalized spacial score (nSPS) is 25.8. The molecule has 0 radical (unpaired) electrons. The Bertz CT molecular complexity index is 356. The first kappa shape index (κ1) is 17.7. The van der Waals surface area contributed by atoms with Crippen LogP contribution in [-0.2, 0) is 4.79 Å². The topological polar surface area (TPSA) is 61.6 Å². The fourth-order valence-corrected chi connectivity index (χ4v) is 3.75. The first-order valence-corrected chi connectivity index (χ1v) is 8.95. The third-order valence-corrected chi connectivity index (χ3v) is 5.36. The number of likely N-dealkylation sites (tertiary alicyclic amines) is 2. The number of hydrogen-bond acceptors (Lipinski definition) is 4. The zero-order valence-electron chi connectivity index (χ0n) is 14.6. The molecule has 0 spiro atoms. The van der Waals surface area contributed by atoms with Gasteiger partial charge in [0.15, 0.2) is 0 Å². The van der Waals surface area contributed by atoms with E-state index in [1.165, 1.54) is 25.9 Å². The standard InChI is InChI=1S/C17H34N4O/c1-4-9-17(2,18)16(22)19-14-5-12-21(13-6-14)15-7-10-20(3)11-8-15/h14-15H,4-13,18H2,1-3H3,(H,19,22). The van der Waals surface area contributed by atoms with Crippen molar-refractivity contribution in [2.45, 2.75) is 70.0 Å². The van der Waals surface area contributed by atoms with E-state index in [-0.39, 0.29) is 5.91 Å². The molecule has 5 heteroatoms. The lowest BCUT2D eigenvalue weighted by Crippen LogP contribution is -2.56. The van der Waals surface area contributed by atoms with E-state index in [0.717, 1.165) is 44.8 Å². The van der Waals surface area contributed by atoms with Crippen LogP contribution in [0.25, 0.3) is 0 Å². The first-order chi connectivity index (χ1) is 10.4. The van der Waals surface area contributed by atoms with Gasteiger partial charge in [-0.25, -0.2) is 0 Å². The van der Waals surface area contributed by atoms with Gasteiger partial charge in [-0.2, -0.15) is 0 Å². The molecule has 3 N–H and O–H groups in total. The van der Waals surface area contributed by atoms with E-state index in [1.54, 1.807) is 0 Å². The predicted octanol–water partition coefficient (Wildman–Crippen LogP) is 1.18. The van der Waals surface area contributed by atoms with E-state index in [9.17, 15) is 4.79 Å². The number of piperidine rings is 2. The number of nitrogens with zero attached hydrogens (tertiary/aromatic N) is 2. The molecule has 2 aliphatic rings. The second kappa shape index (κ2) is 7.75. The van der Waals surface area contributed by atoms with Gasteiger partial charge in [0.25, 0.3) is 0 Å². The van der Waals surface area contributed by atoms with Crippen molar-refractivity contribution < 1.29 is 4.79 Å². The van der Waals surface area contributed by atoms with Crippen LogP contribution in [0.1, 0.15) is 52.4 Å². The third-order valence-electron chi connectivity index (χ3n) is 5.36. The molecule has 0 aromatic rings. The second-order valence-corrected chi connectivity index (χ2v) is 7.49. The number of hydrogen-bond donors (Lipinski definition) is 2. The van der Waals surface area contributed by atoms with Crippen LogP contribution >= 0.6 is 0 Å². The van der Waals surface area contributed by atoms with Crippen LogP contribution in [0, 0.1) is 0 Å². The number of carbonyl (C=O) groups is 1. The van der Waals surface area contributed by atoms with E-state index in [2.05, 4.69) is 29.1 Å². The van der Waals surface area contributed by atoms with Gasteiger partial charge < -0.3 is 20.9 Å². The molecule has 128 valence electrons. The molecule has 1 amide bonds. The maximum atomic E-state index is 12.3. The van der Waals surface area contributed by atoms with E-state index in [0.29, 0.717) is 6.04 Å². The zero-order valence-corrected chi connectivity index (χ0v) is 14.6. The smallest absolute Gasteiger partial charge is 0.240 e. The minimum atomic E-state index is -0.722. The maximum absolute atomic E-state index is 12.3. The largest absolute Gasteiger partial charge is 0.352 e. The molecule has 0 aliphatic carbocycles. The van der Waals surface area contributed by atoms with Gasteiger partial charge in [-0.05, 0) is 59.2 Å². The molecule has 0 bridgehead atoms. The number of carbonyl (C=O) groups excluding carboxylic acids is 1. The molecule has 0 saturated carbocycles. The van der Waals surface area contributed by atoms with Crippen molar-refractivity contribution in [3.63, 3.8) is 0 Å². The molecule has 22 heavy (non-hydrogen) atoms.